The summed E-state index contributed by atoms with van der Waals surface area (Å²) in [6.07, 6.45) is 0.275. The summed E-state index contributed by atoms with van der Waals surface area (Å²) in [5.41, 5.74) is 1.26. The highest BCUT2D eigenvalue weighted by Crippen LogP contribution is 2.33. The summed E-state index contributed by atoms with van der Waals surface area (Å²) >= 11 is 1.13. The number of para-hydroxylation sites is 1. The molecule has 0 spiro atoms. The molecule has 0 unspecified atom stereocenters. The second-order valence-corrected chi connectivity index (χ2v) is 6.57. The van der Waals surface area contributed by atoms with E-state index in [2.05, 4.69) is 15.0 Å². The van der Waals surface area contributed by atoms with Gasteiger partial charge in [-0.05, 0) is 36.2 Å². The number of hydrogen-bond donors (Lipinski definition) is 1. The minimum absolute atomic E-state index is 0.0148. The highest BCUT2D eigenvalue weighted by molar-refractivity contribution is 7.14. The second-order valence-electron chi connectivity index (χ2n) is 5.71. The van der Waals surface area contributed by atoms with E-state index >= 15 is 0 Å². The van der Waals surface area contributed by atoms with Crippen LogP contribution in [0.3, 0.4) is 0 Å². The van der Waals surface area contributed by atoms with Gasteiger partial charge in [0.15, 0.2) is 16.8 Å². The van der Waals surface area contributed by atoms with Crippen LogP contribution in [0, 0.1) is 11.6 Å². The molecule has 4 nitrogen and oxygen atoms in total. The maximum Gasteiger partial charge on any atom is 0.387 e. The average molecular weight is 410 g/mol. The summed E-state index contributed by atoms with van der Waals surface area (Å²) < 4.78 is 55.6. The monoisotopic (exact) mass is 410 g/mol. The smallest absolute Gasteiger partial charge is 0.387 e. The predicted octanol–water partition coefficient (Wildman–Crippen LogP) is 5.26. The summed E-state index contributed by atoms with van der Waals surface area (Å²) in [6.45, 7) is -2.96. The molecule has 3 rings (SSSR count). The van der Waals surface area contributed by atoms with Gasteiger partial charge in [0.1, 0.15) is 5.75 Å². The van der Waals surface area contributed by atoms with Gasteiger partial charge in [-0.3, -0.25) is 4.79 Å². The van der Waals surface area contributed by atoms with E-state index in [9.17, 15) is 22.4 Å². The first kappa shape index (κ1) is 19.8. The maximum absolute atomic E-state index is 13.2. The van der Waals surface area contributed by atoms with Crippen LogP contribution in [0.1, 0.15) is 12.0 Å². The Morgan fingerprint density at radius 1 is 1.14 bits per heavy atom. The quantitative estimate of drug-likeness (QED) is 0.541. The second kappa shape index (κ2) is 8.83. The van der Waals surface area contributed by atoms with E-state index in [1.165, 1.54) is 12.1 Å². The van der Waals surface area contributed by atoms with Crippen molar-refractivity contribution in [2.24, 2.45) is 0 Å². The lowest BCUT2D eigenvalue weighted by Gasteiger charge is -2.08. The van der Waals surface area contributed by atoms with Gasteiger partial charge in [-0.15, -0.1) is 11.3 Å². The van der Waals surface area contributed by atoms with Crippen molar-refractivity contribution >= 4 is 22.4 Å². The zero-order chi connectivity index (χ0) is 20.1. The van der Waals surface area contributed by atoms with Crippen molar-refractivity contribution in [1.29, 1.82) is 0 Å². The highest BCUT2D eigenvalue weighted by Gasteiger charge is 2.14. The number of ether oxygens (including phenoxy) is 1. The molecule has 2 aromatic carbocycles. The van der Waals surface area contributed by atoms with Crippen LogP contribution in [0.2, 0.25) is 0 Å². The first-order valence-electron chi connectivity index (χ1n) is 8.16. The van der Waals surface area contributed by atoms with E-state index in [0.29, 0.717) is 16.8 Å². The molecule has 1 heterocycles. The number of carbonyl (C=O) groups is 1. The molecule has 146 valence electrons. The number of aryl methyl sites for hydroxylation is 1. The molecule has 0 saturated carbocycles. The molecular formula is C19H14F4N2O2S. The minimum Gasteiger partial charge on any atom is -0.434 e. The molecule has 9 heteroatoms. The zero-order valence-corrected chi connectivity index (χ0v) is 15.1. The molecule has 1 amide bonds. The maximum atomic E-state index is 13.2. The number of hydrogen-bond acceptors (Lipinski definition) is 4. The summed E-state index contributed by atoms with van der Waals surface area (Å²) in [4.78, 5) is 16.3. The molecule has 0 saturated heterocycles. The average Bonchev–Trinajstić information content (AvgIpc) is 3.11. The van der Waals surface area contributed by atoms with Crippen LogP contribution in [0.4, 0.5) is 22.7 Å². The van der Waals surface area contributed by atoms with E-state index in [1.54, 1.807) is 23.6 Å². The Hall–Kier alpha value is -2.94. The first-order chi connectivity index (χ1) is 13.4. The number of anilines is 1. The van der Waals surface area contributed by atoms with Gasteiger partial charge in [0, 0.05) is 17.4 Å². The largest absolute Gasteiger partial charge is 0.434 e. The fourth-order valence-corrected chi connectivity index (χ4v) is 3.19. The molecule has 1 N–H and O–H groups in total. The SMILES string of the molecule is O=C(CCc1ccc(F)c(F)c1)Nc1nc(-c2ccccc2OC(F)F)cs1. The first-order valence-corrected chi connectivity index (χ1v) is 9.04. The lowest BCUT2D eigenvalue weighted by Crippen LogP contribution is -2.12. The molecule has 0 radical (unpaired) electrons. The van der Waals surface area contributed by atoms with Crippen molar-refractivity contribution < 1.29 is 27.1 Å². The molecule has 28 heavy (non-hydrogen) atoms. The Balaban J connectivity index is 1.63. The van der Waals surface area contributed by atoms with Gasteiger partial charge >= 0.3 is 6.61 Å². The molecule has 0 atom stereocenters. The topological polar surface area (TPSA) is 51.2 Å². The number of thiazole rings is 1. The van der Waals surface area contributed by atoms with Crippen LogP contribution < -0.4 is 10.1 Å². The van der Waals surface area contributed by atoms with E-state index in [4.69, 9.17) is 0 Å². The van der Waals surface area contributed by atoms with Crippen molar-refractivity contribution in [3.63, 3.8) is 0 Å². The third-order valence-electron chi connectivity index (χ3n) is 3.75. The molecule has 0 aliphatic rings. The van der Waals surface area contributed by atoms with E-state index < -0.39 is 18.2 Å². The number of carbonyl (C=O) groups excluding carboxylic acids is 1. The number of halogens is 4. The molecule has 3 aromatic rings. The van der Waals surface area contributed by atoms with Crippen molar-refractivity contribution in [2.45, 2.75) is 19.5 Å². The van der Waals surface area contributed by atoms with Gasteiger partial charge in [0.05, 0.1) is 5.69 Å². The summed E-state index contributed by atoms with van der Waals surface area (Å²) in [5.74, 6) is -2.28. The standard InChI is InChI=1S/C19H14F4N2O2S/c20-13-7-5-11(9-14(13)21)6-8-17(26)25-19-24-15(10-28-19)12-3-1-2-4-16(12)27-18(22)23/h1-5,7,9-10,18H,6,8H2,(H,24,25,26). The van der Waals surface area contributed by atoms with Gasteiger partial charge in [-0.1, -0.05) is 18.2 Å². The number of amides is 1. The third kappa shape index (κ3) is 5.07. The molecule has 1 aromatic heterocycles. The Bertz CT molecular complexity index is 978. The van der Waals surface area contributed by atoms with Crippen molar-refractivity contribution in [3.05, 3.63) is 65.0 Å². The lowest BCUT2D eigenvalue weighted by atomic mass is 10.1. The molecule has 0 fully saturated rings. The van der Waals surface area contributed by atoms with Crippen LogP contribution in [-0.4, -0.2) is 17.5 Å². The number of nitrogens with one attached hydrogen (secondary N) is 1. The highest BCUT2D eigenvalue weighted by atomic mass is 32.1. The van der Waals surface area contributed by atoms with E-state index in [-0.39, 0.29) is 29.6 Å². The van der Waals surface area contributed by atoms with Crippen molar-refractivity contribution in [3.8, 4) is 17.0 Å². The van der Waals surface area contributed by atoms with Crippen LogP contribution >= 0.6 is 11.3 Å². The van der Waals surface area contributed by atoms with Crippen molar-refractivity contribution in [1.82, 2.24) is 4.98 Å². The number of rotatable bonds is 7. The Kier molecular flexibility index (Phi) is 6.25. The normalized spacial score (nSPS) is 10.9. The Labute approximate surface area is 161 Å². The molecule has 0 aliphatic carbocycles. The molecular weight excluding hydrogens is 396 g/mol. The fourth-order valence-electron chi connectivity index (χ4n) is 2.47. The zero-order valence-electron chi connectivity index (χ0n) is 14.3. The van der Waals surface area contributed by atoms with Crippen LogP contribution in [-0.2, 0) is 11.2 Å². The fraction of sp³-hybridized carbons (Fsp3) is 0.158. The van der Waals surface area contributed by atoms with Gasteiger partial charge in [0.25, 0.3) is 0 Å². The summed E-state index contributed by atoms with van der Waals surface area (Å²) in [5, 5.41) is 4.50. The lowest BCUT2D eigenvalue weighted by molar-refractivity contribution is -0.116. The number of benzene rings is 2. The number of aromatic nitrogens is 1. The number of nitrogens with zero attached hydrogens (tertiary/aromatic N) is 1. The number of alkyl halides is 2. The van der Waals surface area contributed by atoms with Gasteiger partial charge in [-0.2, -0.15) is 8.78 Å². The van der Waals surface area contributed by atoms with E-state index in [0.717, 1.165) is 23.5 Å². The summed E-state index contributed by atoms with van der Waals surface area (Å²) in [7, 11) is 0. The minimum atomic E-state index is -2.96. The van der Waals surface area contributed by atoms with Crippen LogP contribution in [0.25, 0.3) is 11.3 Å². The van der Waals surface area contributed by atoms with Gasteiger partial charge in [0.2, 0.25) is 5.91 Å². The predicted molar refractivity (Wildman–Crippen MR) is 97.5 cm³/mol. The summed E-state index contributed by atoms with van der Waals surface area (Å²) in [6, 6.07) is 9.68. The van der Waals surface area contributed by atoms with Crippen LogP contribution in [0.5, 0.6) is 5.75 Å². The van der Waals surface area contributed by atoms with Crippen molar-refractivity contribution in [2.75, 3.05) is 5.32 Å². The van der Waals surface area contributed by atoms with E-state index in [1.807, 2.05) is 0 Å². The third-order valence-corrected chi connectivity index (χ3v) is 4.51. The van der Waals surface area contributed by atoms with Gasteiger partial charge < -0.3 is 10.1 Å². The van der Waals surface area contributed by atoms with Gasteiger partial charge in [-0.25, -0.2) is 13.8 Å². The molecule has 0 aliphatic heterocycles. The Morgan fingerprint density at radius 3 is 2.68 bits per heavy atom. The van der Waals surface area contributed by atoms with Crippen LogP contribution in [0.15, 0.2) is 47.8 Å². The molecule has 0 bridgehead atoms. The Morgan fingerprint density at radius 2 is 1.93 bits per heavy atom.